The Morgan fingerprint density at radius 1 is 0.571 bits per heavy atom. The second kappa shape index (κ2) is 5.62. The third-order valence-corrected chi connectivity index (χ3v) is 3.83. The van der Waals surface area contributed by atoms with Crippen LogP contribution in [0.1, 0.15) is 0 Å². The van der Waals surface area contributed by atoms with Crippen LogP contribution in [-0.2, 0) is 0 Å². The Bertz CT molecular complexity index is 762. The average molecular weight is 341 g/mol. The summed E-state index contributed by atoms with van der Waals surface area (Å²) < 4.78 is 0.994. The molecule has 0 radical (unpaired) electrons. The molecule has 0 fully saturated rings. The molecule has 0 aromatic heterocycles. The topological polar surface area (TPSA) is 40.5 Å². The highest BCUT2D eigenvalue weighted by Crippen LogP contribution is 2.35. The molecule has 104 valence electrons. The lowest BCUT2D eigenvalue weighted by Gasteiger charge is -2.11. The second-order valence-corrected chi connectivity index (χ2v) is 5.70. The lowest BCUT2D eigenvalue weighted by Crippen LogP contribution is -1.85. The minimum atomic E-state index is 0.250. The maximum Gasteiger partial charge on any atom is 0.115 e. The van der Waals surface area contributed by atoms with E-state index in [0.29, 0.717) is 0 Å². The van der Waals surface area contributed by atoms with Gasteiger partial charge in [-0.3, -0.25) is 0 Å². The lowest BCUT2D eigenvalue weighted by molar-refractivity contribution is 0.475. The van der Waals surface area contributed by atoms with Crippen molar-refractivity contribution in [1.82, 2.24) is 0 Å². The first-order valence-corrected chi connectivity index (χ1v) is 7.31. The van der Waals surface area contributed by atoms with Crippen molar-refractivity contribution in [1.29, 1.82) is 0 Å². The van der Waals surface area contributed by atoms with Crippen LogP contribution in [0.5, 0.6) is 11.5 Å². The monoisotopic (exact) mass is 340 g/mol. The number of hydrogen-bond donors (Lipinski definition) is 2. The fourth-order valence-electron chi connectivity index (χ4n) is 2.29. The molecule has 0 spiro atoms. The molecule has 3 aromatic carbocycles. The number of benzene rings is 3. The standard InChI is InChI=1S/C18H13BrO2/c19-14-5-10-17(12-1-6-15(20)7-2-12)18(11-14)13-3-8-16(21)9-4-13/h1-11,20-21H. The van der Waals surface area contributed by atoms with Gasteiger partial charge in [-0.05, 0) is 58.7 Å². The minimum absolute atomic E-state index is 0.250. The summed E-state index contributed by atoms with van der Waals surface area (Å²) in [5.41, 5.74) is 4.19. The van der Waals surface area contributed by atoms with Crippen molar-refractivity contribution in [2.24, 2.45) is 0 Å². The molecule has 0 aliphatic heterocycles. The number of phenolic OH excluding ortho intramolecular Hbond substituents is 2. The molecule has 0 saturated carbocycles. The van der Waals surface area contributed by atoms with E-state index in [4.69, 9.17) is 0 Å². The van der Waals surface area contributed by atoms with Gasteiger partial charge in [0, 0.05) is 4.47 Å². The van der Waals surface area contributed by atoms with E-state index in [9.17, 15) is 10.2 Å². The molecule has 3 heteroatoms. The Morgan fingerprint density at radius 2 is 1.05 bits per heavy atom. The van der Waals surface area contributed by atoms with Crippen LogP contribution in [0.4, 0.5) is 0 Å². The van der Waals surface area contributed by atoms with Crippen molar-refractivity contribution < 1.29 is 10.2 Å². The van der Waals surface area contributed by atoms with Gasteiger partial charge in [0.1, 0.15) is 11.5 Å². The maximum atomic E-state index is 9.44. The van der Waals surface area contributed by atoms with E-state index >= 15 is 0 Å². The zero-order valence-electron chi connectivity index (χ0n) is 11.1. The van der Waals surface area contributed by atoms with Gasteiger partial charge < -0.3 is 10.2 Å². The van der Waals surface area contributed by atoms with E-state index in [1.807, 2.05) is 36.4 Å². The number of halogens is 1. The molecule has 0 aliphatic carbocycles. The Balaban J connectivity index is 2.17. The van der Waals surface area contributed by atoms with Crippen LogP contribution < -0.4 is 0 Å². The number of aromatic hydroxyl groups is 2. The van der Waals surface area contributed by atoms with Crippen LogP contribution in [0.15, 0.2) is 71.2 Å². The fourth-order valence-corrected chi connectivity index (χ4v) is 2.65. The molecule has 2 N–H and O–H groups in total. The summed E-state index contributed by atoms with van der Waals surface area (Å²) in [6.45, 7) is 0. The van der Waals surface area contributed by atoms with Crippen LogP contribution in [-0.4, -0.2) is 10.2 Å². The molecular weight excluding hydrogens is 328 g/mol. The second-order valence-electron chi connectivity index (χ2n) is 4.78. The quantitative estimate of drug-likeness (QED) is 0.673. The SMILES string of the molecule is Oc1ccc(-c2ccc(Br)cc2-c2ccc(O)cc2)cc1. The summed E-state index contributed by atoms with van der Waals surface area (Å²) >= 11 is 3.50. The van der Waals surface area contributed by atoms with Crippen molar-refractivity contribution in [3.05, 3.63) is 71.2 Å². The van der Waals surface area contributed by atoms with Crippen molar-refractivity contribution in [3.8, 4) is 33.8 Å². The van der Waals surface area contributed by atoms with Gasteiger partial charge in [0.25, 0.3) is 0 Å². The molecule has 0 amide bonds. The van der Waals surface area contributed by atoms with Crippen LogP contribution in [0.3, 0.4) is 0 Å². The van der Waals surface area contributed by atoms with Gasteiger partial charge in [0.2, 0.25) is 0 Å². The van der Waals surface area contributed by atoms with Crippen molar-refractivity contribution >= 4 is 15.9 Å². The van der Waals surface area contributed by atoms with Gasteiger partial charge >= 0.3 is 0 Å². The predicted molar refractivity (Wildman–Crippen MR) is 88.3 cm³/mol. The molecule has 0 unspecified atom stereocenters. The maximum absolute atomic E-state index is 9.44. The first-order valence-electron chi connectivity index (χ1n) is 6.52. The molecule has 0 saturated heterocycles. The van der Waals surface area contributed by atoms with Gasteiger partial charge in [-0.1, -0.05) is 46.3 Å². The molecule has 0 atom stereocenters. The zero-order chi connectivity index (χ0) is 14.8. The van der Waals surface area contributed by atoms with Gasteiger partial charge in [-0.25, -0.2) is 0 Å². The van der Waals surface area contributed by atoms with E-state index in [-0.39, 0.29) is 11.5 Å². The van der Waals surface area contributed by atoms with Crippen LogP contribution in [0.2, 0.25) is 0 Å². The average Bonchev–Trinajstić information content (AvgIpc) is 2.49. The van der Waals surface area contributed by atoms with Crippen LogP contribution in [0, 0.1) is 0 Å². The van der Waals surface area contributed by atoms with Gasteiger partial charge in [0.15, 0.2) is 0 Å². The van der Waals surface area contributed by atoms with Crippen molar-refractivity contribution in [2.75, 3.05) is 0 Å². The summed E-state index contributed by atoms with van der Waals surface area (Å²) in [6.07, 6.45) is 0. The van der Waals surface area contributed by atoms with Gasteiger partial charge in [-0.15, -0.1) is 0 Å². The molecule has 0 aliphatic rings. The van der Waals surface area contributed by atoms with E-state index in [1.165, 1.54) is 0 Å². The van der Waals surface area contributed by atoms with Crippen LogP contribution >= 0.6 is 15.9 Å². The smallest absolute Gasteiger partial charge is 0.115 e. The van der Waals surface area contributed by atoms with Gasteiger partial charge in [0.05, 0.1) is 0 Å². The van der Waals surface area contributed by atoms with Crippen molar-refractivity contribution in [2.45, 2.75) is 0 Å². The molecule has 0 heterocycles. The summed E-state index contributed by atoms with van der Waals surface area (Å²) in [6, 6.07) is 20.4. The van der Waals surface area contributed by atoms with Crippen LogP contribution in [0.25, 0.3) is 22.3 Å². The normalized spacial score (nSPS) is 10.5. The summed E-state index contributed by atoms with van der Waals surface area (Å²) in [5, 5.41) is 18.9. The highest BCUT2D eigenvalue weighted by atomic mass is 79.9. The fraction of sp³-hybridized carbons (Fsp3) is 0. The first kappa shape index (κ1) is 13.7. The molecule has 3 aromatic rings. The number of hydrogen-bond acceptors (Lipinski definition) is 2. The van der Waals surface area contributed by atoms with Gasteiger partial charge in [-0.2, -0.15) is 0 Å². The largest absolute Gasteiger partial charge is 0.508 e. The Kier molecular flexibility index (Phi) is 3.67. The Labute approximate surface area is 131 Å². The third kappa shape index (κ3) is 2.93. The summed E-state index contributed by atoms with van der Waals surface area (Å²) in [5.74, 6) is 0.502. The Morgan fingerprint density at radius 3 is 1.57 bits per heavy atom. The predicted octanol–water partition coefficient (Wildman–Crippen LogP) is 5.19. The zero-order valence-corrected chi connectivity index (χ0v) is 12.7. The van der Waals surface area contributed by atoms with E-state index in [2.05, 4.69) is 22.0 Å². The molecule has 0 bridgehead atoms. The molecular formula is C18H13BrO2. The first-order chi connectivity index (χ1) is 10.1. The highest BCUT2D eigenvalue weighted by Gasteiger charge is 2.08. The van der Waals surface area contributed by atoms with E-state index in [0.717, 1.165) is 26.7 Å². The number of rotatable bonds is 2. The van der Waals surface area contributed by atoms with E-state index < -0.39 is 0 Å². The lowest BCUT2D eigenvalue weighted by atomic mass is 9.94. The molecule has 3 rings (SSSR count). The summed E-state index contributed by atoms with van der Waals surface area (Å²) in [7, 11) is 0. The highest BCUT2D eigenvalue weighted by molar-refractivity contribution is 9.10. The third-order valence-electron chi connectivity index (χ3n) is 3.34. The molecule has 21 heavy (non-hydrogen) atoms. The summed E-state index contributed by atoms with van der Waals surface area (Å²) in [4.78, 5) is 0. The van der Waals surface area contributed by atoms with Crippen molar-refractivity contribution in [3.63, 3.8) is 0 Å². The Hall–Kier alpha value is -2.26. The van der Waals surface area contributed by atoms with E-state index in [1.54, 1.807) is 24.3 Å². The minimum Gasteiger partial charge on any atom is -0.508 e. The molecule has 2 nitrogen and oxygen atoms in total. The number of phenols is 2.